The quantitative estimate of drug-likeness (QED) is 0.737. The number of amides is 2. The Balaban J connectivity index is 1.39. The number of piperidine rings is 1. The molecule has 2 aliphatic heterocycles. The lowest BCUT2D eigenvalue weighted by Gasteiger charge is -2.41. The maximum atomic E-state index is 12.8. The van der Waals surface area contributed by atoms with Gasteiger partial charge in [0.1, 0.15) is 0 Å². The highest BCUT2D eigenvalue weighted by atomic mass is 35.5. The lowest BCUT2D eigenvalue weighted by molar-refractivity contribution is -0.147. The lowest BCUT2D eigenvalue weighted by Crippen LogP contribution is -2.57. The Labute approximate surface area is 167 Å². The van der Waals surface area contributed by atoms with Gasteiger partial charge in [0.2, 0.25) is 23.5 Å². The van der Waals surface area contributed by atoms with Crippen LogP contribution in [-0.2, 0) is 9.59 Å². The van der Waals surface area contributed by atoms with E-state index in [9.17, 15) is 9.59 Å². The zero-order valence-electron chi connectivity index (χ0n) is 15.4. The Morgan fingerprint density at radius 1 is 1.18 bits per heavy atom. The number of benzene rings is 1. The molecule has 7 nitrogen and oxygen atoms in total. The SMILES string of the molecule is C=CC(=O)N1CC(C(=O)N2CCCC(c3nc(-c4ccc(Cl)cc4)no3)C2)C1. The van der Waals surface area contributed by atoms with Crippen LogP contribution in [0.4, 0.5) is 0 Å². The summed E-state index contributed by atoms with van der Waals surface area (Å²) in [5, 5.41) is 4.73. The van der Waals surface area contributed by atoms with E-state index in [-0.39, 0.29) is 23.7 Å². The molecular weight excluding hydrogens is 380 g/mol. The first kappa shape index (κ1) is 18.7. The van der Waals surface area contributed by atoms with E-state index in [1.54, 1.807) is 17.0 Å². The molecule has 1 aromatic carbocycles. The maximum Gasteiger partial charge on any atom is 0.246 e. The summed E-state index contributed by atoms with van der Waals surface area (Å²) >= 11 is 5.92. The van der Waals surface area contributed by atoms with E-state index >= 15 is 0 Å². The number of aromatic nitrogens is 2. The Hall–Kier alpha value is -2.67. The number of nitrogens with zero attached hydrogens (tertiary/aromatic N) is 4. The molecule has 0 N–H and O–H groups in total. The molecule has 0 aliphatic carbocycles. The first-order valence-corrected chi connectivity index (χ1v) is 9.72. The molecule has 0 radical (unpaired) electrons. The van der Waals surface area contributed by atoms with Crippen LogP contribution in [0.15, 0.2) is 41.4 Å². The molecule has 0 spiro atoms. The third-order valence-electron chi connectivity index (χ3n) is 5.34. The maximum absolute atomic E-state index is 12.8. The summed E-state index contributed by atoms with van der Waals surface area (Å²) in [6, 6.07) is 7.26. The summed E-state index contributed by atoms with van der Waals surface area (Å²) in [6.07, 6.45) is 3.07. The monoisotopic (exact) mass is 400 g/mol. The topological polar surface area (TPSA) is 79.5 Å². The molecule has 2 fully saturated rings. The minimum atomic E-state index is -0.130. The predicted octanol–water partition coefficient (Wildman–Crippen LogP) is 2.74. The molecule has 1 atom stereocenters. The fourth-order valence-electron chi connectivity index (χ4n) is 3.70. The van der Waals surface area contributed by atoms with Crippen molar-refractivity contribution in [3.8, 4) is 11.4 Å². The molecule has 0 bridgehead atoms. The van der Waals surface area contributed by atoms with Crippen molar-refractivity contribution >= 4 is 23.4 Å². The second-order valence-corrected chi connectivity index (χ2v) is 7.67. The summed E-state index contributed by atoms with van der Waals surface area (Å²) in [6.45, 7) is 5.69. The highest BCUT2D eigenvalue weighted by Gasteiger charge is 2.39. The minimum absolute atomic E-state index is 0.0252. The standard InChI is InChI=1S/C20H21ClN4O3/c1-2-17(26)25-11-15(12-25)20(27)24-9-3-4-14(10-24)19-22-18(23-28-19)13-5-7-16(21)8-6-13/h2,5-8,14-15H,1,3-4,9-12H2. The van der Waals surface area contributed by atoms with Crippen LogP contribution in [0.5, 0.6) is 0 Å². The van der Waals surface area contributed by atoms with E-state index in [4.69, 9.17) is 16.1 Å². The van der Waals surface area contributed by atoms with Gasteiger partial charge in [0.25, 0.3) is 0 Å². The predicted molar refractivity (Wildman–Crippen MR) is 104 cm³/mol. The van der Waals surface area contributed by atoms with E-state index in [0.717, 1.165) is 24.9 Å². The molecule has 4 rings (SSSR count). The number of hydrogen-bond donors (Lipinski definition) is 0. The summed E-state index contributed by atoms with van der Waals surface area (Å²) < 4.78 is 5.48. The highest BCUT2D eigenvalue weighted by Crippen LogP contribution is 2.30. The van der Waals surface area contributed by atoms with Gasteiger partial charge in [0, 0.05) is 36.8 Å². The van der Waals surface area contributed by atoms with E-state index in [1.807, 2.05) is 17.0 Å². The van der Waals surface area contributed by atoms with Crippen molar-refractivity contribution in [3.05, 3.63) is 47.8 Å². The van der Waals surface area contributed by atoms with Crippen molar-refractivity contribution in [1.29, 1.82) is 0 Å². The zero-order chi connectivity index (χ0) is 19.7. The molecule has 28 heavy (non-hydrogen) atoms. The third-order valence-corrected chi connectivity index (χ3v) is 5.60. The largest absolute Gasteiger partial charge is 0.342 e. The van der Waals surface area contributed by atoms with Crippen LogP contribution < -0.4 is 0 Å². The first-order valence-electron chi connectivity index (χ1n) is 9.35. The number of likely N-dealkylation sites (tertiary alicyclic amines) is 2. The van der Waals surface area contributed by atoms with Crippen LogP contribution in [0.1, 0.15) is 24.7 Å². The fourth-order valence-corrected chi connectivity index (χ4v) is 3.82. The van der Waals surface area contributed by atoms with Gasteiger partial charge < -0.3 is 14.3 Å². The van der Waals surface area contributed by atoms with Crippen LogP contribution in [0.3, 0.4) is 0 Å². The van der Waals surface area contributed by atoms with Gasteiger partial charge in [-0.2, -0.15) is 4.98 Å². The van der Waals surface area contributed by atoms with Gasteiger partial charge in [-0.1, -0.05) is 23.3 Å². The van der Waals surface area contributed by atoms with E-state index in [1.165, 1.54) is 6.08 Å². The Morgan fingerprint density at radius 2 is 1.93 bits per heavy atom. The second kappa shape index (κ2) is 7.75. The smallest absolute Gasteiger partial charge is 0.246 e. The molecule has 8 heteroatoms. The van der Waals surface area contributed by atoms with Crippen LogP contribution in [0.25, 0.3) is 11.4 Å². The Kier molecular flexibility index (Phi) is 5.17. The lowest BCUT2D eigenvalue weighted by atomic mass is 9.93. The normalized spacial score (nSPS) is 20.0. The number of rotatable bonds is 4. The molecule has 2 aliphatic rings. The van der Waals surface area contributed by atoms with Gasteiger partial charge in [-0.15, -0.1) is 0 Å². The molecule has 2 saturated heterocycles. The highest BCUT2D eigenvalue weighted by molar-refractivity contribution is 6.30. The van der Waals surface area contributed by atoms with Gasteiger partial charge >= 0.3 is 0 Å². The number of carbonyl (C=O) groups is 2. The van der Waals surface area contributed by atoms with Crippen molar-refractivity contribution in [3.63, 3.8) is 0 Å². The average molecular weight is 401 g/mol. The van der Waals surface area contributed by atoms with Crippen molar-refractivity contribution in [1.82, 2.24) is 19.9 Å². The van der Waals surface area contributed by atoms with Gasteiger partial charge in [-0.05, 0) is 43.2 Å². The van der Waals surface area contributed by atoms with Crippen molar-refractivity contribution in [2.45, 2.75) is 18.8 Å². The molecule has 3 heterocycles. The van der Waals surface area contributed by atoms with Gasteiger partial charge in [0.05, 0.1) is 11.8 Å². The first-order chi connectivity index (χ1) is 13.5. The second-order valence-electron chi connectivity index (χ2n) is 7.23. The number of carbonyl (C=O) groups excluding carboxylic acids is 2. The Bertz CT molecular complexity index is 889. The minimum Gasteiger partial charge on any atom is -0.342 e. The number of hydrogen-bond acceptors (Lipinski definition) is 5. The molecule has 1 aromatic heterocycles. The van der Waals surface area contributed by atoms with Crippen LogP contribution in [-0.4, -0.2) is 57.9 Å². The van der Waals surface area contributed by atoms with E-state index < -0.39 is 0 Å². The molecule has 1 unspecified atom stereocenters. The van der Waals surface area contributed by atoms with Crippen molar-refractivity contribution in [2.24, 2.45) is 5.92 Å². The van der Waals surface area contributed by atoms with E-state index in [0.29, 0.717) is 36.4 Å². The van der Waals surface area contributed by atoms with Crippen molar-refractivity contribution < 1.29 is 14.1 Å². The van der Waals surface area contributed by atoms with Crippen molar-refractivity contribution in [2.75, 3.05) is 26.2 Å². The van der Waals surface area contributed by atoms with Gasteiger partial charge in [-0.3, -0.25) is 9.59 Å². The molecule has 146 valence electrons. The van der Waals surface area contributed by atoms with Gasteiger partial charge in [0.15, 0.2) is 0 Å². The zero-order valence-corrected chi connectivity index (χ0v) is 16.1. The van der Waals surface area contributed by atoms with Crippen LogP contribution >= 0.6 is 11.6 Å². The summed E-state index contributed by atoms with van der Waals surface area (Å²) in [4.78, 5) is 32.3. The van der Waals surface area contributed by atoms with E-state index in [2.05, 4.69) is 16.7 Å². The third kappa shape index (κ3) is 3.67. The summed E-state index contributed by atoms with van der Waals surface area (Å²) in [5.74, 6) is 0.941. The van der Waals surface area contributed by atoms with Crippen LogP contribution in [0.2, 0.25) is 5.02 Å². The summed E-state index contributed by atoms with van der Waals surface area (Å²) in [5.41, 5.74) is 0.838. The molecular formula is C20H21ClN4O3. The Morgan fingerprint density at radius 3 is 2.64 bits per heavy atom. The average Bonchev–Trinajstić information content (AvgIpc) is 3.17. The number of halogens is 1. The fraction of sp³-hybridized carbons (Fsp3) is 0.400. The molecule has 2 amide bonds. The summed E-state index contributed by atoms with van der Waals surface area (Å²) in [7, 11) is 0. The molecule has 2 aromatic rings. The van der Waals surface area contributed by atoms with Gasteiger partial charge in [-0.25, -0.2) is 0 Å². The van der Waals surface area contributed by atoms with Crippen LogP contribution in [0, 0.1) is 5.92 Å². The molecule has 0 saturated carbocycles.